The van der Waals surface area contributed by atoms with Gasteiger partial charge in [0.05, 0.1) is 71.1 Å². The highest BCUT2D eigenvalue weighted by molar-refractivity contribution is 6.11. The third kappa shape index (κ3) is 5.55. The molecule has 2 N–H and O–H groups in total. The average Bonchev–Trinajstić information content (AvgIpc) is 4.30. The molecule has 4 aliphatic carbocycles. The van der Waals surface area contributed by atoms with E-state index in [4.69, 9.17) is 24.2 Å². The molecule has 14 rings (SSSR count). The van der Waals surface area contributed by atoms with Crippen LogP contribution >= 0.6 is 0 Å². The molecule has 6 amide bonds. The summed E-state index contributed by atoms with van der Waals surface area (Å²) in [5, 5.41) is 9.24. The van der Waals surface area contributed by atoms with Gasteiger partial charge in [0.15, 0.2) is 11.2 Å². The quantitative estimate of drug-likeness (QED) is 0.112. The van der Waals surface area contributed by atoms with Crippen molar-refractivity contribution in [3.63, 3.8) is 0 Å². The molecule has 0 spiro atoms. The van der Waals surface area contributed by atoms with Crippen LogP contribution in [0, 0.1) is 71.0 Å². The summed E-state index contributed by atoms with van der Waals surface area (Å²) in [7, 11) is 2.50. The van der Waals surface area contributed by atoms with Crippen LogP contribution in [0.25, 0.3) is 43.6 Å². The summed E-state index contributed by atoms with van der Waals surface area (Å²) in [6.07, 6.45) is 0.779. The number of ether oxygens (including phenoxy) is 3. The summed E-state index contributed by atoms with van der Waals surface area (Å²) < 4.78 is 18.2. The molecule has 2 unspecified atom stereocenters. The van der Waals surface area contributed by atoms with E-state index in [1.54, 1.807) is 24.3 Å². The first-order chi connectivity index (χ1) is 35.4. The number of fused-ring (bicyclic) bond motifs is 26. The van der Waals surface area contributed by atoms with Crippen LogP contribution in [0.15, 0.2) is 97.1 Å². The maximum Gasteiger partial charge on any atom is 0.338 e. The number of esters is 2. The van der Waals surface area contributed by atoms with Crippen molar-refractivity contribution in [2.75, 3.05) is 40.4 Å². The van der Waals surface area contributed by atoms with Crippen LogP contribution in [0.1, 0.15) is 33.6 Å². The Kier molecular flexibility index (Phi) is 9.32. The standard InChI is InChI=1S/C56H48N6O11/c1-71-53(69)55-41-31-23-33(39-37(31)49(65)61(51(39)67)19-17-57-47(63)29-13-7-11-27-21-25-9-3-5-15-35(25)59-45(27)29)43(41)56(73-55,54(70)72-2)44-34-24-32(42(44)55)38-40(34)52(68)62(50(38)66)20-18-58-48(64)30-14-8-12-28-22-26-10-4-6-16-36(26)60-46(28)30/h3-16,21-22,31-34,37-44H,17-20,23-24H2,1-2H3,(H,57,63)(H,58,64)/t31-,32+,33+,34-,37-,38+,39+,40-,41-,42+,43+,44-,55?,56?. The molecule has 6 heterocycles. The van der Waals surface area contributed by atoms with Gasteiger partial charge in [-0.05, 0) is 72.9 Å². The maximum atomic E-state index is 14.7. The molecule has 8 aliphatic rings. The lowest BCUT2D eigenvalue weighted by molar-refractivity contribution is -0.188. The number of pyridine rings is 2. The fourth-order valence-corrected chi connectivity index (χ4v) is 16.6. The van der Waals surface area contributed by atoms with Gasteiger partial charge in [-0.2, -0.15) is 0 Å². The predicted molar refractivity (Wildman–Crippen MR) is 258 cm³/mol. The first kappa shape index (κ1) is 44.1. The third-order valence-corrected chi connectivity index (χ3v) is 18.7. The maximum absolute atomic E-state index is 14.7. The van der Waals surface area contributed by atoms with Crippen LogP contribution in [-0.2, 0) is 43.0 Å². The number of imide groups is 2. The number of nitrogens with one attached hydrogen (secondary N) is 2. The number of para-hydroxylation sites is 4. The van der Waals surface area contributed by atoms with Gasteiger partial charge >= 0.3 is 11.9 Å². The van der Waals surface area contributed by atoms with Gasteiger partial charge in [-0.1, -0.05) is 60.7 Å². The summed E-state index contributed by atoms with van der Waals surface area (Å²) in [5.74, 6) is -12.2. The van der Waals surface area contributed by atoms with Gasteiger partial charge in [0.25, 0.3) is 11.8 Å². The van der Waals surface area contributed by atoms with Crippen molar-refractivity contribution < 1.29 is 52.6 Å². The first-order valence-corrected chi connectivity index (χ1v) is 25.1. The first-order valence-electron chi connectivity index (χ1n) is 25.1. The van der Waals surface area contributed by atoms with E-state index in [0.717, 1.165) is 32.6 Å². The molecule has 4 saturated heterocycles. The normalized spacial score (nSPS) is 33.8. The summed E-state index contributed by atoms with van der Waals surface area (Å²) >= 11 is 0. The molecule has 14 atom stereocenters. The Morgan fingerprint density at radius 1 is 0.534 bits per heavy atom. The van der Waals surface area contributed by atoms with E-state index in [-0.39, 0.29) is 26.2 Å². The van der Waals surface area contributed by atoms with Crippen molar-refractivity contribution >= 4 is 91.0 Å². The Hall–Kier alpha value is -7.66. The van der Waals surface area contributed by atoms with Crippen LogP contribution in [0.3, 0.4) is 0 Å². The number of carbonyl (C=O) groups is 8. The Morgan fingerprint density at radius 3 is 1.26 bits per heavy atom. The number of benzene rings is 4. The minimum Gasteiger partial charge on any atom is -0.467 e. The number of nitrogens with zero attached hydrogens (tertiary/aromatic N) is 4. The van der Waals surface area contributed by atoms with E-state index in [1.807, 2.05) is 72.8 Å². The Morgan fingerprint density at radius 2 is 0.890 bits per heavy atom. The second kappa shape index (κ2) is 15.4. The summed E-state index contributed by atoms with van der Waals surface area (Å²) in [6.45, 7) is -0.226. The average molecular weight is 981 g/mol. The number of aromatic nitrogens is 2. The lowest BCUT2D eigenvalue weighted by Crippen LogP contribution is -2.64. The molecule has 0 radical (unpaired) electrons. The van der Waals surface area contributed by atoms with Crippen molar-refractivity contribution in [2.24, 2.45) is 71.0 Å². The van der Waals surface area contributed by atoms with E-state index in [0.29, 0.717) is 35.0 Å². The third-order valence-electron chi connectivity index (χ3n) is 18.7. The summed E-state index contributed by atoms with van der Waals surface area (Å²) in [4.78, 5) is 127. The zero-order valence-electron chi connectivity index (χ0n) is 39.7. The molecule has 17 heteroatoms. The van der Waals surface area contributed by atoms with Gasteiger partial charge in [-0.15, -0.1) is 0 Å². The van der Waals surface area contributed by atoms with Crippen molar-refractivity contribution in [3.8, 4) is 0 Å². The zero-order chi connectivity index (χ0) is 50.0. The van der Waals surface area contributed by atoms with E-state index < -0.39 is 130 Å². The minimum atomic E-state index is -1.77. The molecule has 4 aromatic carbocycles. The minimum absolute atomic E-state index is 0.0235. The fourth-order valence-electron chi connectivity index (χ4n) is 16.6. The van der Waals surface area contributed by atoms with Crippen molar-refractivity contribution in [1.29, 1.82) is 0 Å². The van der Waals surface area contributed by atoms with E-state index >= 15 is 0 Å². The molecule has 4 aliphatic heterocycles. The van der Waals surface area contributed by atoms with Crippen molar-refractivity contribution in [1.82, 2.24) is 30.4 Å². The predicted octanol–water partition coefficient (Wildman–Crippen LogP) is 4.08. The SMILES string of the molecule is COC(=O)C12OC(C(=O)OC)([C@@H]3[C@@H]4C[C@@H]([C@@H]5C(=O)N(CCNC(=O)c6cccc7cc8ccccc8nc67)C(=O)[C@H]45)[C@@H]31)[C@H]1[C@H]3C[C@H]([C@H]4C(=O)N(CCNC(=O)c5cccc6cc7ccccc7nc56)C(=O)[C@@H]34)[C@H]12. The lowest BCUT2D eigenvalue weighted by Gasteiger charge is -2.51. The van der Waals surface area contributed by atoms with Gasteiger partial charge in [0.2, 0.25) is 23.6 Å². The highest BCUT2D eigenvalue weighted by Crippen LogP contribution is 2.83. The highest BCUT2D eigenvalue weighted by Gasteiger charge is 2.93. The topological polar surface area (TPSA) is 221 Å². The Labute approximate surface area is 416 Å². The van der Waals surface area contributed by atoms with Gasteiger partial charge in [0.1, 0.15) is 0 Å². The second-order valence-corrected chi connectivity index (χ2v) is 21.3. The largest absolute Gasteiger partial charge is 0.467 e. The number of hydrogen-bond acceptors (Lipinski definition) is 13. The molecule has 368 valence electrons. The van der Waals surface area contributed by atoms with Crippen molar-refractivity contribution in [2.45, 2.75) is 24.0 Å². The molecule has 73 heavy (non-hydrogen) atoms. The fraction of sp³-hybridized carbons (Fsp3) is 0.393. The molecule has 6 aromatic rings. The Balaban J connectivity index is 0.718. The highest BCUT2D eigenvalue weighted by atomic mass is 16.6. The number of methoxy groups -OCH3 is 2. The zero-order valence-corrected chi connectivity index (χ0v) is 39.7. The van der Waals surface area contributed by atoms with E-state index in [1.165, 1.54) is 24.0 Å². The van der Waals surface area contributed by atoms with Gasteiger partial charge < -0.3 is 24.8 Å². The van der Waals surface area contributed by atoms with Gasteiger partial charge in [-0.3, -0.25) is 38.6 Å². The summed E-state index contributed by atoms with van der Waals surface area (Å²) in [5.41, 5.74) is -0.285. The number of rotatable bonds is 10. The van der Waals surface area contributed by atoms with Crippen LogP contribution < -0.4 is 10.6 Å². The number of carbonyl (C=O) groups excluding carboxylic acids is 8. The number of amides is 6. The molecule has 2 aromatic heterocycles. The molecule has 17 nitrogen and oxygen atoms in total. The molecule has 6 bridgehead atoms. The molecular weight excluding hydrogens is 933 g/mol. The van der Waals surface area contributed by atoms with Crippen LogP contribution in [0.2, 0.25) is 0 Å². The van der Waals surface area contributed by atoms with Crippen molar-refractivity contribution in [3.05, 3.63) is 108 Å². The lowest BCUT2D eigenvalue weighted by atomic mass is 9.47. The van der Waals surface area contributed by atoms with E-state index in [2.05, 4.69) is 10.6 Å². The second-order valence-electron chi connectivity index (χ2n) is 21.3. The van der Waals surface area contributed by atoms with Crippen LogP contribution in [0.4, 0.5) is 0 Å². The molecule has 4 saturated carbocycles. The smallest absolute Gasteiger partial charge is 0.338 e. The van der Waals surface area contributed by atoms with Crippen LogP contribution in [0.5, 0.6) is 0 Å². The number of hydrogen-bond donors (Lipinski definition) is 2. The number of likely N-dealkylation sites (tertiary alicyclic amines) is 2. The van der Waals surface area contributed by atoms with Gasteiger partial charge in [-0.25, -0.2) is 19.6 Å². The van der Waals surface area contributed by atoms with Gasteiger partial charge in [0, 0.05) is 71.4 Å². The summed E-state index contributed by atoms with van der Waals surface area (Å²) in [6, 6.07) is 29.9. The molecular formula is C56H48N6O11. The Bertz CT molecular complexity index is 3250. The monoisotopic (exact) mass is 980 g/mol. The van der Waals surface area contributed by atoms with E-state index in [9.17, 15) is 38.4 Å². The molecule has 8 fully saturated rings. The van der Waals surface area contributed by atoms with Crippen LogP contribution in [-0.4, -0.2) is 119 Å².